The van der Waals surface area contributed by atoms with Crippen molar-refractivity contribution in [3.63, 3.8) is 0 Å². The molecule has 0 spiro atoms. The number of hydrogen-bond acceptors (Lipinski definition) is 5. The minimum Gasteiger partial charge on any atom is -0.469 e. The molecule has 13 heavy (non-hydrogen) atoms. The van der Waals surface area contributed by atoms with E-state index < -0.39 is 5.97 Å². The number of hydrogen-bond donors (Lipinski definition) is 0. The number of carbonyl (C=O) groups is 2. The third-order valence-corrected chi connectivity index (χ3v) is 1.42. The molecular weight excluding hydrogens is 174 g/mol. The fourth-order valence-electron chi connectivity index (χ4n) is 0.767. The summed E-state index contributed by atoms with van der Waals surface area (Å²) in [6.07, 6.45) is 1.01. The van der Waals surface area contributed by atoms with Gasteiger partial charge in [0.05, 0.1) is 13.3 Å². The van der Waals surface area contributed by atoms with E-state index in [1.54, 1.807) is 7.05 Å². The van der Waals surface area contributed by atoms with Crippen molar-refractivity contribution in [3.8, 4) is 0 Å². The van der Waals surface area contributed by atoms with Gasteiger partial charge < -0.3 is 4.74 Å². The molecule has 1 rings (SSSR count). The summed E-state index contributed by atoms with van der Waals surface area (Å²) in [6.45, 7) is 0. The van der Waals surface area contributed by atoms with Crippen molar-refractivity contribution in [2.45, 2.75) is 6.42 Å². The zero-order valence-corrected chi connectivity index (χ0v) is 7.35. The van der Waals surface area contributed by atoms with Gasteiger partial charge in [-0.15, -0.1) is 0 Å². The Kier molecular flexibility index (Phi) is 2.73. The first-order chi connectivity index (χ1) is 6.13. The number of esters is 1. The molecule has 0 aliphatic rings. The van der Waals surface area contributed by atoms with Crippen LogP contribution >= 0.6 is 0 Å². The lowest BCUT2D eigenvalue weighted by Crippen LogP contribution is -2.10. The van der Waals surface area contributed by atoms with Crippen molar-refractivity contribution >= 4 is 11.8 Å². The fraction of sp³-hybridized carbons (Fsp3) is 0.429. The quantitative estimate of drug-likeness (QED) is 0.361. The number of rotatable bonds is 3. The Morgan fingerprint density at radius 1 is 1.62 bits per heavy atom. The zero-order chi connectivity index (χ0) is 9.84. The summed E-state index contributed by atoms with van der Waals surface area (Å²) in [6, 6.07) is 0. The lowest BCUT2D eigenvalue weighted by atomic mass is 10.2. The second-order valence-electron chi connectivity index (χ2n) is 2.40. The molecule has 6 nitrogen and oxygen atoms in total. The Bertz CT molecular complexity index is 331. The van der Waals surface area contributed by atoms with Crippen LogP contribution in [0.2, 0.25) is 0 Å². The van der Waals surface area contributed by atoms with E-state index in [1.807, 2.05) is 0 Å². The van der Waals surface area contributed by atoms with Crippen molar-refractivity contribution < 1.29 is 14.3 Å². The monoisotopic (exact) mass is 183 g/mol. The van der Waals surface area contributed by atoms with E-state index in [0.717, 1.165) is 0 Å². The van der Waals surface area contributed by atoms with E-state index in [2.05, 4.69) is 14.9 Å². The molecule has 0 aliphatic heterocycles. The van der Waals surface area contributed by atoms with Crippen LogP contribution in [0, 0.1) is 0 Å². The van der Waals surface area contributed by atoms with Crippen molar-refractivity contribution in [2.75, 3.05) is 7.11 Å². The number of aryl methyl sites for hydroxylation is 1. The van der Waals surface area contributed by atoms with Crippen molar-refractivity contribution in [3.05, 3.63) is 11.9 Å². The zero-order valence-electron chi connectivity index (χ0n) is 7.35. The van der Waals surface area contributed by atoms with E-state index in [4.69, 9.17) is 0 Å². The molecule has 0 aromatic carbocycles. The van der Waals surface area contributed by atoms with Crippen LogP contribution < -0.4 is 0 Å². The summed E-state index contributed by atoms with van der Waals surface area (Å²) in [5.74, 6) is -0.962. The SMILES string of the molecule is COC(=O)CC(=O)c1cnn(C)n1. The number of methoxy groups -OCH3 is 1. The van der Waals surface area contributed by atoms with E-state index in [9.17, 15) is 9.59 Å². The van der Waals surface area contributed by atoms with Crippen molar-refractivity contribution in [1.29, 1.82) is 0 Å². The van der Waals surface area contributed by atoms with Crippen molar-refractivity contribution in [2.24, 2.45) is 7.05 Å². The van der Waals surface area contributed by atoms with Crippen LogP contribution in [0.4, 0.5) is 0 Å². The third-order valence-electron chi connectivity index (χ3n) is 1.42. The van der Waals surface area contributed by atoms with Gasteiger partial charge in [0.15, 0.2) is 5.78 Å². The Morgan fingerprint density at radius 2 is 2.31 bits per heavy atom. The third kappa shape index (κ3) is 2.36. The van der Waals surface area contributed by atoms with Gasteiger partial charge in [0.25, 0.3) is 0 Å². The molecule has 1 aromatic rings. The molecule has 70 valence electrons. The first kappa shape index (κ1) is 9.37. The van der Waals surface area contributed by atoms with Crippen LogP contribution in [0.1, 0.15) is 16.9 Å². The summed E-state index contributed by atoms with van der Waals surface area (Å²) in [7, 11) is 2.82. The van der Waals surface area contributed by atoms with E-state index in [0.29, 0.717) is 0 Å². The van der Waals surface area contributed by atoms with Gasteiger partial charge in [-0.25, -0.2) is 0 Å². The largest absolute Gasteiger partial charge is 0.469 e. The van der Waals surface area contributed by atoms with Crippen molar-refractivity contribution in [1.82, 2.24) is 15.0 Å². The predicted octanol–water partition coefficient (Wildman–Crippen LogP) is -0.439. The van der Waals surface area contributed by atoms with Crippen LogP contribution in [-0.4, -0.2) is 33.9 Å². The maximum Gasteiger partial charge on any atom is 0.313 e. The highest BCUT2D eigenvalue weighted by Crippen LogP contribution is 1.98. The van der Waals surface area contributed by atoms with Crippen LogP contribution in [-0.2, 0) is 16.6 Å². The number of Topliss-reactive ketones (excluding diaryl/α,β-unsaturated/α-hetero) is 1. The van der Waals surface area contributed by atoms with Crippen LogP contribution in [0.3, 0.4) is 0 Å². The molecule has 0 radical (unpaired) electrons. The van der Waals surface area contributed by atoms with Gasteiger partial charge in [-0.1, -0.05) is 0 Å². The smallest absolute Gasteiger partial charge is 0.313 e. The Morgan fingerprint density at radius 3 is 2.77 bits per heavy atom. The number of nitrogens with zero attached hydrogens (tertiary/aromatic N) is 3. The number of carbonyl (C=O) groups excluding carboxylic acids is 2. The highest BCUT2D eigenvalue weighted by Gasteiger charge is 2.14. The molecule has 0 unspecified atom stereocenters. The van der Waals surface area contributed by atoms with Gasteiger partial charge in [-0.3, -0.25) is 9.59 Å². The molecule has 1 aromatic heterocycles. The van der Waals surface area contributed by atoms with Gasteiger partial charge in [0, 0.05) is 7.05 Å². The summed E-state index contributed by atoms with van der Waals surface area (Å²) in [4.78, 5) is 23.2. The topological polar surface area (TPSA) is 74.1 Å². The molecule has 0 saturated carbocycles. The second kappa shape index (κ2) is 3.79. The maximum absolute atomic E-state index is 11.2. The molecular formula is C7H9N3O3. The highest BCUT2D eigenvalue weighted by molar-refractivity contribution is 6.04. The average Bonchev–Trinajstić information content (AvgIpc) is 2.51. The Hall–Kier alpha value is -1.72. The standard InChI is InChI=1S/C7H9N3O3/c1-10-8-4-5(9-10)6(11)3-7(12)13-2/h4H,3H2,1-2H3. The number of aromatic nitrogens is 3. The molecule has 0 bridgehead atoms. The molecule has 1 heterocycles. The van der Waals surface area contributed by atoms with Gasteiger partial charge in [-0.05, 0) is 0 Å². The molecule has 0 saturated heterocycles. The van der Waals surface area contributed by atoms with Gasteiger partial charge in [-0.2, -0.15) is 15.0 Å². The number of ketones is 1. The summed E-state index contributed by atoms with van der Waals surface area (Å²) in [5, 5.41) is 7.45. The lowest BCUT2D eigenvalue weighted by Gasteiger charge is -1.94. The maximum atomic E-state index is 11.2. The minimum absolute atomic E-state index is 0.174. The molecule has 6 heteroatoms. The Labute approximate surface area is 74.5 Å². The molecule has 0 fully saturated rings. The molecule has 0 N–H and O–H groups in total. The predicted molar refractivity (Wildman–Crippen MR) is 42.0 cm³/mol. The van der Waals surface area contributed by atoms with Gasteiger partial charge >= 0.3 is 5.97 Å². The van der Waals surface area contributed by atoms with Gasteiger partial charge in [0.1, 0.15) is 12.1 Å². The summed E-state index contributed by atoms with van der Waals surface area (Å²) < 4.78 is 4.33. The van der Waals surface area contributed by atoms with Crippen LogP contribution in [0.25, 0.3) is 0 Å². The summed E-state index contributed by atoms with van der Waals surface area (Å²) >= 11 is 0. The normalized spacial score (nSPS) is 9.69. The van der Waals surface area contributed by atoms with E-state index in [-0.39, 0.29) is 17.9 Å². The first-order valence-electron chi connectivity index (χ1n) is 3.60. The first-order valence-corrected chi connectivity index (χ1v) is 3.60. The molecule has 0 amide bonds. The van der Waals surface area contributed by atoms with E-state index >= 15 is 0 Å². The lowest BCUT2D eigenvalue weighted by molar-refractivity contribution is -0.139. The Balaban J connectivity index is 2.64. The molecule has 0 aliphatic carbocycles. The van der Waals surface area contributed by atoms with E-state index in [1.165, 1.54) is 18.1 Å². The second-order valence-corrected chi connectivity index (χ2v) is 2.40. The van der Waals surface area contributed by atoms with Crippen LogP contribution in [0.15, 0.2) is 6.20 Å². The minimum atomic E-state index is -0.573. The number of ether oxygens (including phenoxy) is 1. The average molecular weight is 183 g/mol. The highest BCUT2D eigenvalue weighted by atomic mass is 16.5. The summed E-state index contributed by atoms with van der Waals surface area (Å²) in [5.41, 5.74) is 0.174. The molecule has 0 atom stereocenters. The van der Waals surface area contributed by atoms with Gasteiger partial charge in [0.2, 0.25) is 0 Å². The van der Waals surface area contributed by atoms with Crippen LogP contribution in [0.5, 0.6) is 0 Å². The fourth-order valence-corrected chi connectivity index (χ4v) is 0.767.